The third kappa shape index (κ3) is 2.53. The van der Waals surface area contributed by atoms with Gasteiger partial charge in [0.05, 0.1) is 0 Å². The first kappa shape index (κ1) is 13.5. The fourth-order valence-corrected chi connectivity index (χ4v) is 3.77. The molecule has 2 aliphatic heterocycles. The molecule has 1 aromatic heterocycles. The van der Waals surface area contributed by atoms with Gasteiger partial charge in [-0.25, -0.2) is 4.98 Å². The van der Waals surface area contributed by atoms with Crippen LogP contribution in [0.4, 0.5) is 5.82 Å². The third-order valence-electron chi connectivity index (χ3n) is 4.90. The Morgan fingerprint density at radius 2 is 1.95 bits per heavy atom. The third-order valence-corrected chi connectivity index (χ3v) is 4.90. The number of fused-ring (bicyclic) bond motifs is 2. The van der Waals surface area contributed by atoms with Crippen LogP contribution in [-0.2, 0) is 6.54 Å². The fraction of sp³-hybridized carbons (Fsp3) is 0.316. The van der Waals surface area contributed by atoms with Crippen LogP contribution < -0.4 is 5.73 Å². The average Bonchev–Trinajstić information content (AvgIpc) is 2.79. The summed E-state index contributed by atoms with van der Waals surface area (Å²) in [7, 11) is 0. The Labute approximate surface area is 131 Å². The van der Waals surface area contributed by atoms with Gasteiger partial charge < -0.3 is 5.73 Å². The molecule has 2 N–H and O–H groups in total. The molecule has 0 spiro atoms. The molecular formula is C19H21N3. The molecule has 22 heavy (non-hydrogen) atoms. The Kier molecular flexibility index (Phi) is 3.43. The molecule has 2 aliphatic rings. The van der Waals surface area contributed by atoms with Gasteiger partial charge in [-0.1, -0.05) is 36.4 Å². The van der Waals surface area contributed by atoms with E-state index in [4.69, 9.17) is 5.73 Å². The van der Waals surface area contributed by atoms with Crippen molar-refractivity contribution in [3.8, 4) is 0 Å². The summed E-state index contributed by atoms with van der Waals surface area (Å²) in [5, 5.41) is 0. The average molecular weight is 291 g/mol. The smallest absolute Gasteiger partial charge is 0.123 e. The molecule has 3 nitrogen and oxygen atoms in total. The van der Waals surface area contributed by atoms with Crippen molar-refractivity contribution >= 4 is 11.4 Å². The van der Waals surface area contributed by atoms with Gasteiger partial charge in [0, 0.05) is 24.8 Å². The van der Waals surface area contributed by atoms with Gasteiger partial charge in [0.1, 0.15) is 5.82 Å². The highest BCUT2D eigenvalue weighted by Crippen LogP contribution is 2.39. The minimum Gasteiger partial charge on any atom is -0.384 e. The van der Waals surface area contributed by atoms with Crippen molar-refractivity contribution in [1.29, 1.82) is 0 Å². The first-order valence-electron chi connectivity index (χ1n) is 8.02. The second-order valence-corrected chi connectivity index (χ2v) is 6.32. The van der Waals surface area contributed by atoms with Gasteiger partial charge in [0.2, 0.25) is 0 Å². The molecule has 2 bridgehead atoms. The number of rotatable bonds is 3. The number of benzene rings is 1. The van der Waals surface area contributed by atoms with Crippen LogP contribution in [0.3, 0.4) is 0 Å². The van der Waals surface area contributed by atoms with Crippen LogP contribution in [0.2, 0.25) is 0 Å². The molecule has 0 amide bonds. The van der Waals surface area contributed by atoms with Gasteiger partial charge in [0.15, 0.2) is 0 Å². The van der Waals surface area contributed by atoms with E-state index in [0.29, 0.717) is 17.9 Å². The van der Waals surface area contributed by atoms with Crippen LogP contribution in [0.15, 0.2) is 54.7 Å². The second-order valence-electron chi connectivity index (χ2n) is 6.32. The Bertz CT molecular complexity index is 676. The largest absolute Gasteiger partial charge is 0.384 e. The summed E-state index contributed by atoms with van der Waals surface area (Å²) in [6.07, 6.45) is 8.03. The molecule has 0 aliphatic carbocycles. The molecule has 0 saturated carbocycles. The van der Waals surface area contributed by atoms with Crippen molar-refractivity contribution in [1.82, 2.24) is 9.88 Å². The maximum absolute atomic E-state index is 5.69. The van der Waals surface area contributed by atoms with Crippen molar-refractivity contribution in [2.75, 3.05) is 5.73 Å². The number of hydrogen-bond acceptors (Lipinski definition) is 3. The topological polar surface area (TPSA) is 42.1 Å². The number of aromatic nitrogens is 1. The molecule has 2 atom stereocenters. The Balaban J connectivity index is 1.56. The zero-order valence-corrected chi connectivity index (χ0v) is 12.7. The van der Waals surface area contributed by atoms with E-state index in [9.17, 15) is 0 Å². The summed E-state index contributed by atoms with van der Waals surface area (Å²) < 4.78 is 0. The van der Waals surface area contributed by atoms with E-state index in [-0.39, 0.29) is 0 Å². The molecule has 3 heteroatoms. The molecule has 1 fully saturated rings. The molecule has 1 aromatic carbocycles. The highest BCUT2D eigenvalue weighted by molar-refractivity contribution is 5.68. The molecule has 4 rings (SSSR count). The van der Waals surface area contributed by atoms with E-state index in [1.165, 1.54) is 29.5 Å². The van der Waals surface area contributed by atoms with Crippen molar-refractivity contribution in [2.45, 2.75) is 37.9 Å². The van der Waals surface area contributed by atoms with Crippen molar-refractivity contribution in [3.63, 3.8) is 0 Å². The van der Waals surface area contributed by atoms with Crippen LogP contribution in [-0.4, -0.2) is 22.0 Å². The summed E-state index contributed by atoms with van der Waals surface area (Å²) in [5.74, 6) is 0.592. The predicted molar refractivity (Wildman–Crippen MR) is 90.0 cm³/mol. The zero-order chi connectivity index (χ0) is 14.9. The lowest BCUT2D eigenvalue weighted by Crippen LogP contribution is -2.37. The van der Waals surface area contributed by atoms with E-state index >= 15 is 0 Å². The number of anilines is 1. The fourth-order valence-electron chi connectivity index (χ4n) is 3.77. The standard InChI is InChI=1S/C19H21N3/c20-19-9-6-15(12-21-19)16-10-17-7-8-18(11-16)22(17)13-14-4-2-1-3-5-14/h1-6,9-10,12,17-18H,7-8,11,13H2,(H2,20,21). The van der Waals surface area contributed by atoms with Gasteiger partial charge in [-0.3, -0.25) is 4.90 Å². The molecular weight excluding hydrogens is 270 g/mol. The summed E-state index contributed by atoms with van der Waals surface area (Å²) in [6, 6.07) is 16.0. The van der Waals surface area contributed by atoms with Gasteiger partial charge in [-0.2, -0.15) is 0 Å². The maximum atomic E-state index is 5.69. The van der Waals surface area contributed by atoms with Crippen LogP contribution in [0, 0.1) is 0 Å². The second kappa shape index (κ2) is 5.58. The summed E-state index contributed by atoms with van der Waals surface area (Å²) in [4.78, 5) is 6.89. The minimum atomic E-state index is 0.562. The number of nitrogens with two attached hydrogens (primary N) is 1. The van der Waals surface area contributed by atoms with E-state index in [1.807, 2.05) is 12.3 Å². The monoisotopic (exact) mass is 291 g/mol. The lowest BCUT2D eigenvalue weighted by atomic mass is 9.95. The van der Waals surface area contributed by atoms with Crippen molar-refractivity contribution < 1.29 is 0 Å². The van der Waals surface area contributed by atoms with Gasteiger partial charge >= 0.3 is 0 Å². The molecule has 2 aromatic rings. The van der Waals surface area contributed by atoms with Crippen LogP contribution in [0.25, 0.3) is 5.57 Å². The normalized spacial score (nSPS) is 24.3. The van der Waals surface area contributed by atoms with Crippen molar-refractivity contribution in [2.24, 2.45) is 0 Å². The van der Waals surface area contributed by atoms with Crippen LogP contribution in [0.5, 0.6) is 0 Å². The summed E-state index contributed by atoms with van der Waals surface area (Å²) >= 11 is 0. The Morgan fingerprint density at radius 3 is 2.68 bits per heavy atom. The minimum absolute atomic E-state index is 0.562. The maximum Gasteiger partial charge on any atom is 0.123 e. The van der Waals surface area contributed by atoms with Gasteiger partial charge in [-0.15, -0.1) is 0 Å². The first-order valence-corrected chi connectivity index (χ1v) is 8.02. The first-order chi connectivity index (χ1) is 10.8. The number of pyridine rings is 1. The number of hydrogen-bond donors (Lipinski definition) is 1. The van der Waals surface area contributed by atoms with E-state index in [1.54, 1.807) is 0 Å². The Morgan fingerprint density at radius 1 is 1.09 bits per heavy atom. The van der Waals surface area contributed by atoms with Crippen LogP contribution >= 0.6 is 0 Å². The lowest BCUT2D eigenvalue weighted by Gasteiger charge is -2.34. The molecule has 0 radical (unpaired) electrons. The number of nitrogens with zero attached hydrogens (tertiary/aromatic N) is 2. The highest BCUT2D eigenvalue weighted by Gasteiger charge is 2.36. The highest BCUT2D eigenvalue weighted by atomic mass is 15.2. The van der Waals surface area contributed by atoms with E-state index < -0.39 is 0 Å². The molecule has 112 valence electrons. The summed E-state index contributed by atoms with van der Waals surface area (Å²) in [6.45, 7) is 1.06. The number of nitrogen functional groups attached to an aromatic ring is 1. The predicted octanol–water partition coefficient (Wildman–Crippen LogP) is 3.48. The van der Waals surface area contributed by atoms with E-state index in [0.717, 1.165) is 13.0 Å². The van der Waals surface area contributed by atoms with E-state index in [2.05, 4.69) is 52.4 Å². The Hall–Kier alpha value is -2.13. The zero-order valence-electron chi connectivity index (χ0n) is 12.7. The lowest BCUT2D eigenvalue weighted by molar-refractivity contribution is 0.203. The molecule has 2 unspecified atom stereocenters. The van der Waals surface area contributed by atoms with Crippen molar-refractivity contribution in [3.05, 3.63) is 65.9 Å². The van der Waals surface area contributed by atoms with Crippen LogP contribution in [0.1, 0.15) is 30.4 Å². The summed E-state index contributed by atoms with van der Waals surface area (Å²) in [5.41, 5.74) is 9.76. The molecule has 3 heterocycles. The quantitative estimate of drug-likeness (QED) is 0.941. The molecule has 1 saturated heterocycles. The SMILES string of the molecule is Nc1ccc(C2=CC3CCC(C2)N3Cc2ccccc2)cn1. The van der Waals surface area contributed by atoms with Gasteiger partial charge in [-0.05, 0) is 48.1 Å². The van der Waals surface area contributed by atoms with Gasteiger partial charge in [0.25, 0.3) is 0 Å².